The Kier molecular flexibility index (Phi) is 4.52. The molecule has 20 heavy (non-hydrogen) atoms. The fraction of sp³-hybridized carbons (Fsp3) is 0.538. The third-order valence-electron chi connectivity index (χ3n) is 3.34. The second-order valence-electron chi connectivity index (χ2n) is 4.96. The topological polar surface area (TPSA) is 75.9 Å². The Bertz CT molecular complexity index is 564. The Balaban J connectivity index is 2.38. The van der Waals surface area contributed by atoms with Crippen LogP contribution in [0.1, 0.15) is 6.42 Å². The van der Waals surface area contributed by atoms with Gasteiger partial charge in [0.2, 0.25) is 10.0 Å². The summed E-state index contributed by atoms with van der Waals surface area (Å²) < 4.78 is 31.0. The van der Waals surface area contributed by atoms with Crippen LogP contribution < -0.4 is 10.6 Å². The number of nitrogens with two attached hydrogens (primary N) is 1. The molecular formula is C13H21N3O3S. The van der Waals surface area contributed by atoms with E-state index in [-0.39, 0.29) is 4.90 Å². The van der Waals surface area contributed by atoms with Crippen molar-refractivity contribution in [3.63, 3.8) is 0 Å². The van der Waals surface area contributed by atoms with Gasteiger partial charge < -0.3 is 15.4 Å². The largest absolute Gasteiger partial charge is 0.397 e. The van der Waals surface area contributed by atoms with Gasteiger partial charge in [-0.25, -0.2) is 12.7 Å². The number of benzene rings is 1. The third kappa shape index (κ3) is 3.05. The van der Waals surface area contributed by atoms with E-state index in [0.29, 0.717) is 12.3 Å². The number of nitrogens with zero attached hydrogens (tertiary/aromatic N) is 2. The number of ether oxygens (including phenoxy) is 1. The number of nitrogen functional groups attached to an aromatic ring is 1. The van der Waals surface area contributed by atoms with Crippen molar-refractivity contribution in [1.29, 1.82) is 0 Å². The third-order valence-corrected chi connectivity index (χ3v) is 5.15. The molecule has 0 aliphatic carbocycles. The van der Waals surface area contributed by atoms with Crippen molar-refractivity contribution in [3.8, 4) is 0 Å². The summed E-state index contributed by atoms with van der Waals surface area (Å²) in [6, 6.07) is 4.84. The zero-order valence-electron chi connectivity index (χ0n) is 11.9. The van der Waals surface area contributed by atoms with Gasteiger partial charge in [0.25, 0.3) is 0 Å². The molecule has 0 amide bonds. The van der Waals surface area contributed by atoms with Crippen LogP contribution in [0.15, 0.2) is 23.1 Å². The smallest absolute Gasteiger partial charge is 0.242 e. The van der Waals surface area contributed by atoms with Gasteiger partial charge in [-0.3, -0.25) is 0 Å². The molecule has 112 valence electrons. The van der Waals surface area contributed by atoms with E-state index in [1.54, 1.807) is 18.2 Å². The standard InChI is InChI=1S/C13H21N3O3S/c1-15(2)20(17,18)11-4-5-12(14)13(10-11)16-6-3-8-19-9-7-16/h4-5,10H,3,6-9,14H2,1-2H3. The molecule has 1 heterocycles. The SMILES string of the molecule is CN(C)S(=O)(=O)c1ccc(N)c(N2CCCOCC2)c1. The van der Waals surface area contributed by atoms with Crippen LogP contribution in [-0.2, 0) is 14.8 Å². The van der Waals surface area contributed by atoms with Gasteiger partial charge in [0.1, 0.15) is 0 Å². The van der Waals surface area contributed by atoms with E-state index in [0.717, 1.165) is 31.8 Å². The second kappa shape index (κ2) is 5.99. The summed E-state index contributed by atoms with van der Waals surface area (Å²) in [4.78, 5) is 2.34. The van der Waals surface area contributed by atoms with Crippen molar-refractivity contribution in [1.82, 2.24) is 4.31 Å². The van der Waals surface area contributed by atoms with Gasteiger partial charge in [0.15, 0.2) is 0 Å². The monoisotopic (exact) mass is 299 g/mol. The molecule has 0 bridgehead atoms. The molecule has 0 aromatic heterocycles. The highest BCUT2D eigenvalue weighted by molar-refractivity contribution is 7.89. The lowest BCUT2D eigenvalue weighted by Gasteiger charge is -2.24. The Hall–Kier alpha value is -1.31. The molecule has 1 fully saturated rings. The molecular weight excluding hydrogens is 278 g/mol. The first kappa shape index (κ1) is 15.1. The molecule has 2 rings (SSSR count). The van der Waals surface area contributed by atoms with Crippen LogP contribution in [0.2, 0.25) is 0 Å². The number of rotatable bonds is 3. The Morgan fingerprint density at radius 1 is 1.25 bits per heavy atom. The molecule has 0 radical (unpaired) electrons. The minimum atomic E-state index is -3.44. The van der Waals surface area contributed by atoms with Crippen LogP contribution in [0.3, 0.4) is 0 Å². The molecule has 0 atom stereocenters. The number of sulfonamides is 1. The second-order valence-corrected chi connectivity index (χ2v) is 7.11. The first-order valence-electron chi connectivity index (χ1n) is 6.57. The van der Waals surface area contributed by atoms with E-state index < -0.39 is 10.0 Å². The quantitative estimate of drug-likeness (QED) is 0.833. The molecule has 7 heteroatoms. The molecule has 0 spiro atoms. The van der Waals surface area contributed by atoms with Crippen molar-refractivity contribution in [2.75, 3.05) is 51.0 Å². The van der Waals surface area contributed by atoms with Crippen molar-refractivity contribution < 1.29 is 13.2 Å². The van der Waals surface area contributed by atoms with Crippen LogP contribution in [0.25, 0.3) is 0 Å². The summed E-state index contributed by atoms with van der Waals surface area (Å²) in [7, 11) is -0.406. The molecule has 0 saturated carbocycles. The molecule has 1 aliphatic rings. The normalized spacial score (nSPS) is 17.2. The lowest BCUT2D eigenvalue weighted by atomic mass is 10.2. The lowest BCUT2D eigenvalue weighted by Crippen LogP contribution is -2.28. The van der Waals surface area contributed by atoms with Gasteiger partial charge >= 0.3 is 0 Å². The predicted octanol–water partition coefficient (Wildman–Crippen LogP) is 0.746. The van der Waals surface area contributed by atoms with Gasteiger partial charge in [0.05, 0.1) is 22.9 Å². The van der Waals surface area contributed by atoms with Crippen LogP contribution in [0, 0.1) is 0 Å². The predicted molar refractivity (Wildman–Crippen MR) is 79.4 cm³/mol. The summed E-state index contributed by atoms with van der Waals surface area (Å²) in [6.07, 6.45) is 0.907. The number of hydrogen-bond acceptors (Lipinski definition) is 5. The van der Waals surface area contributed by atoms with Crippen LogP contribution in [-0.4, -0.2) is 53.1 Å². The number of hydrogen-bond donors (Lipinski definition) is 1. The van der Waals surface area contributed by atoms with Crippen LogP contribution >= 0.6 is 0 Å². The van der Waals surface area contributed by atoms with Crippen molar-refractivity contribution in [3.05, 3.63) is 18.2 Å². The fourth-order valence-corrected chi connectivity index (χ4v) is 3.08. The average molecular weight is 299 g/mol. The van der Waals surface area contributed by atoms with Gasteiger partial charge in [0, 0.05) is 33.8 Å². The Morgan fingerprint density at radius 3 is 2.70 bits per heavy atom. The molecule has 2 N–H and O–H groups in total. The molecule has 1 aliphatic heterocycles. The van der Waals surface area contributed by atoms with Gasteiger partial charge in [-0.1, -0.05) is 0 Å². The average Bonchev–Trinajstić information content (AvgIpc) is 2.67. The molecule has 6 nitrogen and oxygen atoms in total. The summed E-state index contributed by atoms with van der Waals surface area (Å²) >= 11 is 0. The first-order valence-corrected chi connectivity index (χ1v) is 8.01. The molecule has 1 aromatic carbocycles. The Labute approximate surface area is 120 Å². The van der Waals surface area contributed by atoms with E-state index in [4.69, 9.17) is 10.5 Å². The summed E-state index contributed by atoms with van der Waals surface area (Å²) in [5, 5.41) is 0. The molecule has 0 unspecified atom stereocenters. The summed E-state index contributed by atoms with van der Waals surface area (Å²) in [6.45, 7) is 2.89. The maximum Gasteiger partial charge on any atom is 0.242 e. The molecule has 1 saturated heterocycles. The Morgan fingerprint density at radius 2 is 2.00 bits per heavy atom. The van der Waals surface area contributed by atoms with Gasteiger partial charge in [-0.15, -0.1) is 0 Å². The highest BCUT2D eigenvalue weighted by Gasteiger charge is 2.20. The fourth-order valence-electron chi connectivity index (χ4n) is 2.16. The maximum absolute atomic E-state index is 12.2. The van der Waals surface area contributed by atoms with Crippen molar-refractivity contribution in [2.45, 2.75) is 11.3 Å². The zero-order valence-corrected chi connectivity index (χ0v) is 12.7. The molecule has 1 aromatic rings. The summed E-state index contributed by atoms with van der Waals surface area (Å²) in [5.74, 6) is 0. The minimum absolute atomic E-state index is 0.261. The van der Waals surface area contributed by atoms with E-state index in [9.17, 15) is 8.42 Å². The highest BCUT2D eigenvalue weighted by Crippen LogP contribution is 2.28. The van der Waals surface area contributed by atoms with Crippen molar-refractivity contribution >= 4 is 21.4 Å². The highest BCUT2D eigenvalue weighted by atomic mass is 32.2. The zero-order chi connectivity index (χ0) is 14.8. The van der Waals surface area contributed by atoms with E-state index in [2.05, 4.69) is 4.90 Å². The van der Waals surface area contributed by atoms with E-state index in [1.807, 2.05) is 0 Å². The minimum Gasteiger partial charge on any atom is -0.397 e. The van der Waals surface area contributed by atoms with Gasteiger partial charge in [-0.05, 0) is 24.6 Å². The summed E-state index contributed by atoms with van der Waals surface area (Å²) in [5.41, 5.74) is 7.35. The van der Waals surface area contributed by atoms with E-state index >= 15 is 0 Å². The van der Waals surface area contributed by atoms with Crippen molar-refractivity contribution in [2.24, 2.45) is 0 Å². The van der Waals surface area contributed by atoms with Crippen LogP contribution in [0.4, 0.5) is 11.4 Å². The lowest BCUT2D eigenvalue weighted by molar-refractivity contribution is 0.152. The maximum atomic E-state index is 12.2. The van der Waals surface area contributed by atoms with Gasteiger partial charge in [-0.2, -0.15) is 0 Å². The van der Waals surface area contributed by atoms with E-state index in [1.165, 1.54) is 18.4 Å². The van der Waals surface area contributed by atoms with Crippen LogP contribution in [0.5, 0.6) is 0 Å². The first-order chi connectivity index (χ1) is 9.43. The number of anilines is 2.